The third-order valence-corrected chi connectivity index (χ3v) is 4.11. The maximum absolute atomic E-state index is 12.8. The SMILES string of the molecule is CC1(C(F)(F)F)CC2CCC1CC2. The van der Waals surface area contributed by atoms with Crippen molar-refractivity contribution >= 4 is 0 Å². The number of hydrogen-bond acceptors (Lipinski definition) is 0. The highest BCUT2D eigenvalue weighted by molar-refractivity contribution is 4.98. The molecule has 0 spiro atoms. The lowest BCUT2D eigenvalue weighted by Gasteiger charge is -2.50. The monoisotopic (exact) mass is 192 g/mol. The lowest BCUT2D eigenvalue weighted by molar-refractivity contribution is -0.260. The molecule has 0 aromatic carbocycles. The predicted molar refractivity (Wildman–Crippen MR) is 44.2 cm³/mol. The maximum Gasteiger partial charge on any atom is 0.394 e. The lowest BCUT2D eigenvalue weighted by atomic mass is 9.56. The van der Waals surface area contributed by atoms with Crippen LogP contribution in [0.3, 0.4) is 0 Å². The third kappa shape index (κ3) is 1.27. The van der Waals surface area contributed by atoms with Gasteiger partial charge in [-0.1, -0.05) is 19.8 Å². The van der Waals surface area contributed by atoms with Crippen molar-refractivity contribution in [2.24, 2.45) is 17.3 Å². The van der Waals surface area contributed by atoms with Gasteiger partial charge in [0, 0.05) is 0 Å². The first-order chi connectivity index (χ1) is 5.93. The van der Waals surface area contributed by atoms with Gasteiger partial charge in [-0.25, -0.2) is 0 Å². The smallest absolute Gasteiger partial charge is 0.171 e. The molecule has 0 heterocycles. The average molecular weight is 192 g/mol. The van der Waals surface area contributed by atoms with Gasteiger partial charge in [-0.2, -0.15) is 13.2 Å². The van der Waals surface area contributed by atoms with Crippen LogP contribution in [0, 0.1) is 17.3 Å². The fraction of sp³-hybridized carbons (Fsp3) is 1.00. The highest BCUT2D eigenvalue weighted by Crippen LogP contribution is 2.59. The molecule has 1 unspecified atom stereocenters. The highest BCUT2D eigenvalue weighted by atomic mass is 19.4. The van der Waals surface area contributed by atoms with Gasteiger partial charge in [-0.15, -0.1) is 0 Å². The van der Waals surface area contributed by atoms with Crippen LogP contribution in [0.2, 0.25) is 0 Å². The molecule has 3 saturated carbocycles. The quantitative estimate of drug-likeness (QED) is 0.548. The predicted octanol–water partition coefficient (Wildman–Crippen LogP) is 3.77. The number of halogens is 3. The molecule has 0 N–H and O–H groups in total. The molecular formula is C10H15F3. The van der Waals surface area contributed by atoms with Crippen molar-refractivity contribution < 1.29 is 13.2 Å². The Kier molecular flexibility index (Phi) is 1.90. The first kappa shape index (κ1) is 9.35. The van der Waals surface area contributed by atoms with Gasteiger partial charge in [-0.3, -0.25) is 0 Å². The van der Waals surface area contributed by atoms with E-state index in [1.807, 2.05) is 0 Å². The summed E-state index contributed by atoms with van der Waals surface area (Å²) in [5, 5.41) is 0. The van der Waals surface area contributed by atoms with Gasteiger partial charge < -0.3 is 0 Å². The Morgan fingerprint density at radius 2 is 1.62 bits per heavy atom. The Morgan fingerprint density at radius 1 is 1.08 bits per heavy atom. The normalized spacial score (nSPS) is 45.2. The zero-order valence-electron chi connectivity index (χ0n) is 7.82. The van der Waals surface area contributed by atoms with Crippen molar-refractivity contribution in [2.45, 2.75) is 45.2 Å². The standard InChI is InChI=1S/C10H15F3/c1-9(10(11,12)13)6-7-2-4-8(9)5-3-7/h7-8H,2-6H2,1H3. The minimum atomic E-state index is -3.99. The fourth-order valence-corrected chi connectivity index (χ4v) is 3.12. The van der Waals surface area contributed by atoms with Crippen LogP contribution in [0.4, 0.5) is 13.2 Å². The molecule has 1 atom stereocenters. The number of hydrogen-bond donors (Lipinski definition) is 0. The van der Waals surface area contributed by atoms with Gasteiger partial charge in [0.25, 0.3) is 0 Å². The first-order valence-corrected chi connectivity index (χ1v) is 5.00. The van der Waals surface area contributed by atoms with Crippen LogP contribution >= 0.6 is 0 Å². The van der Waals surface area contributed by atoms with Crippen molar-refractivity contribution in [3.63, 3.8) is 0 Å². The van der Waals surface area contributed by atoms with Crippen molar-refractivity contribution in [1.82, 2.24) is 0 Å². The second kappa shape index (κ2) is 2.64. The summed E-state index contributed by atoms with van der Waals surface area (Å²) in [6.45, 7) is 1.42. The van der Waals surface area contributed by atoms with E-state index in [-0.39, 0.29) is 5.92 Å². The summed E-state index contributed by atoms with van der Waals surface area (Å²) in [5.41, 5.74) is -1.37. The molecule has 0 amide bonds. The maximum atomic E-state index is 12.8. The summed E-state index contributed by atoms with van der Waals surface area (Å²) >= 11 is 0. The second-order valence-corrected chi connectivity index (χ2v) is 4.84. The highest BCUT2D eigenvalue weighted by Gasteiger charge is 2.59. The lowest BCUT2D eigenvalue weighted by Crippen LogP contribution is -2.49. The van der Waals surface area contributed by atoms with E-state index in [1.165, 1.54) is 6.92 Å². The largest absolute Gasteiger partial charge is 0.394 e. The molecule has 0 saturated heterocycles. The van der Waals surface area contributed by atoms with E-state index in [0.29, 0.717) is 12.3 Å². The van der Waals surface area contributed by atoms with Crippen LogP contribution in [0.25, 0.3) is 0 Å². The zero-order valence-corrected chi connectivity index (χ0v) is 7.82. The van der Waals surface area contributed by atoms with Crippen molar-refractivity contribution in [1.29, 1.82) is 0 Å². The first-order valence-electron chi connectivity index (χ1n) is 5.00. The molecule has 76 valence electrons. The van der Waals surface area contributed by atoms with Gasteiger partial charge in [0.2, 0.25) is 0 Å². The molecule has 3 aliphatic carbocycles. The van der Waals surface area contributed by atoms with E-state index in [2.05, 4.69) is 0 Å². The Balaban J connectivity index is 2.24. The Morgan fingerprint density at radius 3 is 1.85 bits per heavy atom. The van der Waals surface area contributed by atoms with Crippen LogP contribution in [0.15, 0.2) is 0 Å². The van der Waals surface area contributed by atoms with Gasteiger partial charge in [0.05, 0.1) is 5.41 Å². The summed E-state index contributed by atoms with van der Waals surface area (Å²) in [4.78, 5) is 0. The molecule has 0 nitrogen and oxygen atoms in total. The van der Waals surface area contributed by atoms with E-state index in [9.17, 15) is 13.2 Å². The van der Waals surface area contributed by atoms with E-state index in [4.69, 9.17) is 0 Å². The summed E-state index contributed by atoms with van der Waals surface area (Å²) in [7, 11) is 0. The van der Waals surface area contributed by atoms with Crippen molar-refractivity contribution in [3.05, 3.63) is 0 Å². The second-order valence-electron chi connectivity index (χ2n) is 4.84. The zero-order chi connectivity index (χ0) is 9.69. The molecule has 3 fully saturated rings. The van der Waals surface area contributed by atoms with Crippen molar-refractivity contribution in [2.75, 3.05) is 0 Å². The minimum absolute atomic E-state index is 0.0995. The summed E-state index contributed by atoms with van der Waals surface area (Å²) in [6.07, 6.45) is 0.0198. The number of rotatable bonds is 0. The topological polar surface area (TPSA) is 0 Å². The van der Waals surface area contributed by atoms with Crippen LogP contribution in [-0.2, 0) is 0 Å². The van der Waals surface area contributed by atoms with Gasteiger partial charge in [0.1, 0.15) is 0 Å². The van der Waals surface area contributed by atoms with E-state index in [0.717, 1.165) is 25.7 Å². The molecule has 0 aliphatic heterocycles. The number of alkyl halides is 3. The average Bonchev–Trinajstić information content (AvgIpc) is 2.04. The molecule has 0 aromatic heterocycles. The van der Waals surface area contributed by atoms with Gasteiger partial charge in [0.15, 0.2) is 0 Å². The minimum Gasteiger partial charge on any atom is -0.171 e. The molecule has 0 radical (unpaired) electrons. The van der Waals surface area contributed by atoms with Crippen molar-refractivity contribution in [3.8, 4) is 0 Å². The summed E-state index contributed by atoms with van der Waals surface area (Å²) in [6, 6.07) is 0. The van der Waals surface area contributed by atoms with E-state index in [1.54, 1.807) is 0 Å². The molecule has 3 aliphatic rings. The summed E-state index contributed by atoms with van der Waals surface area (Å²) < 4.78 is 38.3. The van der Waals surface area contributed by atoms with E-state index < -0.39 is 11.6 Å². The van der Waals surface area contributed by atoms with Crippen LogP contribution in [0.5, 0.6) is 0 Å². The summed E-state index contributed by atoms with van der Waals surface area (Å²) in [5.74, 6) is 0.245. The molecule has 3 rings (SSSR count). The fourth-order valence-electron chi connectivity index (χ4n) is 3.12. The van der Waals surface area contributed by atoms with Gasteiger partial charge in [-0.05, 0) is 31.1 Å². The Labute approximate surface area is 76.5 Å². The van der Waals surface area contributed by atoms with Crippen LogP contribution in [-0.4, -0.2) is 6.18 Å². The number of fused-ring (bicyclic) bond motifs is 3. The Hall–Kier alpha value is -0.210. The molecule has 13 heavy (non-hydrogen) atoms. The molecule has 0 aromatic rings. The van der Waals surface area contributed by atoms with Gasteiger partial charge >= 0.3 is 6.18 Å². The van der Waals surface area contributed by atoms with Crippen LogP contribution in [0.1, 0.15) is 39.0 Å². The van der Waals surface area contributed by atoms with Crippen LogP contribution < -0.4 is 0 Å². The van der Waals surface area contributed by atoms with E-state index >= 15 is 0 Å². The third-order valence-electron chi connectivity index (χ3n) is 4.11. The molecule has 2 bridgehead atoms. The molecule has 3 heteroatoms. The Bertz CT molecular complexity index is 201. The molecular weight excluding hydrogens is 177 g/mol.